The number of hydrogen-bond acceptors (Lipinski definition) is 6. The number of thiazole rings is 1. The van der Waals surface area contributed by atoms with E-state index in [-0.39, 0.29) is 18.0 Å². The fourth-order valence-corrected chi connectivity index (χ4v) is 2.83. The highest BCUT2D eigenvalue weighted by Crippen LogP contribution is 2.21. The molecule has 1 amide bonds. The normalized spacial score (nSPS) is 11.0. The van der Waals surface area contributed by atoms with Crippen molar-refractivity contribution in [2.75, 3.05) is 20.3 Å². The van der Waals surface area contributed by atoms with Gasteiger partial charge in [-0.05, 0) is 13.3 Å². The Bertz CT molecular complexity index is 707. The van der Waals surface area contributed by atoms with Crippen LogP contribution in [0, 0.1) is 6.92 Å². The van der Waals surface area contributed by atoms with E-state index in [1.165, 1.54) is 16.0 Å². The maximum absolute atomic E-state index is 12.3. The van der Waals surface area contributed by atoms with Gasteiger partial charge in [0.05, 0.1) is 22.0 Å². The summed E-state index contributed by atoms with van der Waals surface area (Å²) in [6, 6.07) is 0. The molecule has 0 atom stereocenters. The van der Waals surface area contributed by atoms with Crippen LogP contribution in [0.25, 0.3) is 10.2 Å². The summed E-state index contributed by atoms with van der Waals surface area (Å²) in [5.74, 6) is -0.272. The molecule has 8 heteroatoms. The third kappa shape index (κ3) is 3.45. The molecule has 114 valence electrons. The number of aryl methyl sites for hydroxylation is 2. The van der Waals surface area contributed by atoms with Gasteiger partial charge in [0.25, 0.3) is 5.56 Å². The van der Waals surface area contributed by atoms with Crippen molar-refractivity contribution >= 4 is 27.5 Å². The van der Waals surface area contributed by atoms with Crippen LogP contribution < -0.4 is 10.9 Å². The first kappa shape index (κ1) is 15.6. The lowest BCUT2D eigenvalue weighted by Crippen LogP contribution is -2.35. The van der Waals surface area contributed by atoms with Crippen LogP contribution in [0.1, 0.15) is 17.6 Å². The van der Waals surface area contributed by atoms with Gasteiger partial charge in [0, 0.05) is 13.7 Å². The minimum atomic E-state index is -0.326. The molecular weight excluding hydrogens is 292 g/mol. The van der Waals surface area contributed by atoms with E-state index >= 15 is 0 Å². The lowest BCUT2D eigenvalue weighted by Gasteiger charge is -2.07. The smallest absolute Gasteiger partial charge is 0.294 e. The van der Waals surface area contributed by atoms with Gasteiger partial charge in [-0.25, -0.2) is 9.67 Å². The van der Waals surface area contributed by atoms with Crippen molar-refractivity contribution in [2.45, 2.75) is 26.8 Å². The van der Waals surface area contributed by atoms with E-state index in [2.05, 4.69) is 15.4 Å². The Morgan fingerprint density at radius 1 is 1.48 bits per heavy atom. The number of carbonyl (C=O) groups is 1. The van der Waals surface area contributed by atoms with Crippen LogP contribution in [0.15, 0.2) is 4.79 Å². The van der Waals surface area contributed by atoms with Gasteiger partial charge in [-0.1, -0.05) is 6.92 Å². The molecule has 2 aromatic rings. The SMILES string of the molecule is CCc1nc2c(=O)n(CC(=O)NCCOC)nc(C)c2s1. The molecule has 0 aliphatic rings. The molecule has 2 aromatic heterocycles. The number of fused-ring (bicyclic) bond motifs is 1. The molecule has 0 unspecified atom stereocenters. The Balaban J connectivity index is 2.26. The summed E-state index contributed by atoms with van der Waals surface area (Å²) in [6.45, 7) is 4.53. The van der Waals surface area contributed by atoms with Crippen LogP contribution in [0.3, 0.4) is 0 Å². The lowest BCUT2D eigenvalue weighted by molar-refractivity contribution is -0.122. The van der Waals surface area contributed by atoms with Crippen molar-refractivity contribution in [3.8, 4) is 0 Å². The minimum Gasteiger partial charge on any atom is -0.383 e. The molecule has 0 saturated heterocycles. The van der Waals surface area contributed by atoms with Crippen molar-refractivity contribution in [1.82, 2.24) is 20.1 Å². The van der Waals surface area contributed by atoms with Crippen LogP contribution >= 0.6 is 11.3 Å². The van der Waals surface area contributed by atoms with Crippen molar-refractivity contribution in [2.24, 2.45) is 0 Å². The van der Waals surface area contributed by atoms with Crippen molar-refractivity contribution in [3.63, 3.8) is 0 Å². The van der Waals surface area contributed by atoms with Crippen molar-refractivity contribution in [3.05, 3.63) is 21.1 Å². The van der Waals surface area contributed by atoms with E-state index in [0.717, 1.165) is 16.1 Å². The quantitative estimate of drug-likeness (QED) is 0.785. The average Bonchev–Trinajstić information content (AvgIpc) is 2.90. The molecule has 0 saturated carbocycles. The van der Waals surface area contributed by atoms with E-state index in [4.69, 9.17) is 4.74 Å². The standard InChI is InChI=1S/C13H18N4O3S/c1-4-10-15-11-12(21-10)8(2)16-17(13(11)19)7-9(18)14-5-6-20-3/h4-7H2,1-3H3,(H,14,18). The molecular formula is C13H18N4O3S. The molecule has 2 rings (SSSR count). The Hall–Kier alpha value is -1.80. The third-order valence-corrected chi connectivity index (χ3v) is 4.24. The van der Waals surface area contributed by atoms with E-state index < -0.39 is 0 Å². The van der Waals surface area contributed by atoms with E-state index in [9.17, 15) is 9.59 Å². The largest absolute Gasteiger partial charge is 0.383 e. The monoisotopic (exact) mass is 310 g/mol. The molecule has 1 N–H and O–H groups in total. The van der Waals surface area contributed by atoms with Crippen LogP contribution in [0.2, 0.25) is 0 Å². The highest BCUT2D eigenvalue weighted by atomic mass is 32.1. The van der Waals surface area contributed by atoms with Gasteiger partial charge in [0.2, 0.25) is 5.91 Å². The Morgan fingerprint density at radius 3 is 2.90 bits per heavy atom. The van der Waals surface area contributed by atoms with Crippen LogP contribution in [0.5, 0.6) is 0 Å². The zero-order valence-electron chi connectivity index (χ0n) is 12.3. The molecule has 0 fully saturated rings. The molecule has 0 spiro atoms. The molecule has 0 aromatic carbocycles. The maximum atomic E-state index is 12.3. The van der Waals surface area contributed by atoms with Gasteiger partial charge < -0.3 is 10.1 Å². The van der Waals surface area contributed by atoms with Gasteiger partial charge in [-0.15, -0.1) is 11.3 Å². The summed E-state index contributed by atoms with van der Waals surface area (Å²) >= 11 is 1.48. The minimum absolute atomic E-state index is 0.113. The van der Waals surface area contributed by atoms with Gasteiger partial charge in [-0.2, -0.15) is 5.10 Å². The number of methoxy groups -OCH3 is 1. The second-order valence-electron chi connectivity index (χ2n) is 4.53. The Labute approximate surface area is 125 Å². The molecule has 21 heavy (non-hydrogen) atoms. The number of hydrogen-bond donors (Lipinski definition) is 1. The predicted octanol–water partition coefficient (Wildman–Crippen LogP) is 0.486. The number of ether oxygens (including phenoxy) is 1. The fourth-order valence-electron chi connectivity index (χ4n) is 1.89. The summed E-state index contributed by atoms with van der Waals surface area (Å²) in [5, 5.41) is 7.76. The highest BCUT2D eigenvalue weighted by molar-refractivity contribution is 7.18. The molecule has 0 radical (unpaired) electrons. The number of carbonyl (C=O) groups excluding carboxylic acids is 1. The zero-order chi connectivity index (χ0) is 15.4. The summed E-state index contributed by atoms with van der Waals surface area (Å²) in [4.78, 5) is 28.4. The topological polar surface area (TPSA) is 86.1 Å². The van der Waals surface area contributed by atoms with Crippen LogP contribution in [0.4, 0.5) is 0 Å². The van der Waals surface area contributed by atoms with Gasteiger partial charge >= 0.3 is 0 Å². The first-order valence-electron chi connectivity index (χ1n) is 6.69. The number of nitrogens with zero attached hydrogens (tertiary/aromatic N) is 3. The molecule has 2 heterocycles. The fraction of sp³-hybridized carbons (Fsp3) is 0.538. The van der Waals surface area contributed by atoms with Crippen LogP contribution in [-0.4, -0.2) is 40.9 Å². The number of rotatable bonds is 6. The molecule has 0 bridgehead atoms. The van der Waals surface area contributed by atoms with E-state index in [1.54, 1.807) is 7.11 Å². The summed E-state index contributed by atoms with van der Waals surface area (Å²) in [6.07, 6.45) is 0.774. The molecule has 7 nitrogen and oxygen atoms in total. The third-order valence-electron chi connectivity index (χ3n) is 2.93. The first-order valence-corrected chi connectivity index (χ1v) is 7.51. The molecule has 0 aliphatic carbocycles. The summed E-state index contributed by atoms with van der Waals surface area (Å²) < 4.78 is 6.82. The number of nitrogens with one attached hydrogen (secondary N) is 1. The van der Waals surface area contributed by atoms with E-state index in [1.807, 2.05) is 13.8 Å². The number of aromatic nitrogens is 3. The van der Waals surface area contributed by atoms with E-state index in [0.29, 0.717) is 24.4 Å². The highest BCUT2D eigenvalue weighted by Gasteiger charge is 2.14. The first-order chi connectivity index (χ1) is 10.1. The lowest BCUT2D eigenvalue weighted by atomic mass is 10.4. The maximum Gasteiger partial charge on any atom is 0.294 e. The predicted molar refractivity (Wildman–Crippen MR) is 80.7 cm³/mol. The zero-order valence-corrected chi connectivity index (χ0v) is 13.1. The van der Waals surface area contributed by atoms with Crippen molar-refractivity contribution in [1.29, 1.82) is 0 Å². The summed E-state index contributed by atoms with van der Waals surface area (Å²) in [7, 11) is 1.56. The molecule has 0 aliphatic heterocycles. The number of amides is 1. The summed E-state index contributed by atoms with van der Waals surface area (Å²) in [5.41, 5.74) is 0.786. The van der Waals surface area contributed by atoms with Crippen molar-refractivity contribution < 1.29 is 9.53 Å². The van der Waals surface area contributed by atoms with Gasteiger partial charge in [-0.3, -0.25) is 9.59 Å². The van der Waals surface area contributed by atoms with Gasteiger partial charge in [0.1, 0.15) is 6.54 Å². The average molecular weight is 310 g/mol. The van der Waals surface area contributed by atoms with Gasteiger partial charge in [0.15, 0.2) is 5.52 Å². The second kappa shape index (κ2) is 6.77. The van der Waals surface area contributed by atoms with Crippen LogP contribution in [-0.2, 0) is 22.5 Å². The Morgan fingerprint density at radius 2 is 2.24 bits per heavy atom. The Kier molecular flexibility index (Phi) is 5.03. The second-order valence-corrected chi connectivity index (χ2v) is 5.61.